The van der Waals surface area contributed by atoms with E-state index < -0.39 is 17.5 Å². The number of urea groups is 1. The zero-order valence-corrected chi connectivity index (χ0v) is 15.0. The maximum Gasteiger partial charge on any atom is 0.327 e. The average Bonchev–Trinajstić information content (AvgIpc) is 3.10. The zero-order valence-electron chi connectivity index (χ0n) is 15.0. The number of rotatable bonds is 3. The van der Waals surface area contributed by atoms with E-state index in [9.17, 15) is 19.2 Å². The van der Waals surface area contributed by atoms with Gasteiger partial charge in [-0.05, 0) is 31.0 Å². The van der Waals surface area contributed by atoms with E-state index in [0.717, 1.165) is 24.2 Å². The number of H-pyrrole nitrogens is 2. The molecule has 142 valence electrons. The van der Waals surface area contributed by atoms with Gasteiger partial charge in [-0.25, -0.2) is 9.59 Å². The number of imide groups is 1. The summed E-state index contributed by atoms with van der Waals surface area (Å²) in [4.78, 5) is 57.0. The molecule has 27 heavy (non-hydrogen) atoms. The minimum Gasteiger partial charge on any atom is -0.324 e. The zero-order chi connectivity index (χ0) is 19.2. The molecule has 3 N–H and O–H groups in total. The number of imidazole rings is 1. The summed E-state index contributed by atoms with van der Waals surface area (Å²) in [5.41, 5.74) is 0.542. The van der Waals surface area contributed by atoms with Gasteiger partial charge >= 0.3 is 11.7 Å². The molecule has 1 saturated heterocycles. The number of anilines is 1. The third-order valence-electron chi connectivity index (χ3n) is 5.59. The molecule has 2 aromatic rings. The number of carbonyl (C=O) groups is 3. The Hall–Kier alpha value is -3.10. The smallest absolute Gasteiger partial charge is 0.324 e. The van der Waals surface area contributed by atoms with Crippen LogP contribution in [-0.4, -0.2) is 56.7 Å². The first-order valence-electron chi connectivity index (χ1n) is 9.02. The first kappa shape index (κ1) is 17.3. The molecule has 0 bridgehead atoms. The Balaban J connectivity index is 1.49. The van der Waals surface area contributed by atoms with Crippen molar-refractivity contribution in [3.05, 3.63) is 28.7 Å². The van der Waals surface area contributed by atoms with Gasteiger partial charge in [-0.2, -0.15) is 0 Å². The predicted molar refractivity (Wildman–Crippen MR) is 98.2 cm³/mol. The van der Waals surface area contributed by atoms with Crippen LogP contribution in [0.3, 0.4) is 0 Å². The van der Waals surface area contributed by atoms with E-state index in [-0.39, 0.29) is 18.1 Å². The standard InChI is InChI=1S/C18H21N5O4/c1-22-17(27)23(15(25)18(22)7-3-2-4-8-18)10-14(24)19-11-5-6-12-13(9-11)21-16(26)20-12/h5-6,9H,2-4,7-8,10H2,1H3,(H,19,24)(H2,20,21,26). The van der Waals surface area contributed by atoms with E-state index in [1.165, 1.54) is 4.90 Å². The lowest BCUT2D eigenvalue weighted by Gasteiger charge is -2.35. The molecule has 1 aromatic carbocycles. The molecule has 2 aliphatic rings. The van der Waals surface area contributed by atoms with Crippen LogP contribution in [0.5, 0.6) is 0 Å². The molecule has 1 aliphatic carbocycles. The van der Waals surface area contributed by atoms with Gasteiger partial charge in [-0.1, -0.05) is 19.3 Å². The molecular formula is C18H21N5O4. The second-order valence-corrected chi connectivity index (χ2v) is 7.21. The molecule has 1 aliphatic heterocycles. The fourth-order valence-electron chi connectivity index (χ4n) is 4.13. The highest BCUT2D eigenvalue weighted by molar-refractivity contribution is 6.10. The number of fused-ring (bicyclic) bond motifs is 1. The summed E-state index contributed by atoms with van der Waals surface area (Å²) in [5, 5.41) is 2.68. The Morgan fingerprint density at radius 2 is 1.81 bits per heavy atom. The lowest BCUT2D eigenvalue weighted by Crippen LogP contribution is -2.49. The number of amides is 4. The van der Waals surface area contributed by atoms with E-state index in [2.05, 4.69) is 15.3 Å². The fraction of sp³-hybridized carbons (Fsp3) is 0.444. The van der Waals surface area contributed by atoms with Crippen molar-refractivity contribution < 1.29 is 14.4 Å². The Bertz CT molecular complexity index is 985. The molecule has 2 heterocycles. The van der Waals surface area contributed by atoms with Gasteiger partial charge in [0.1, 0.15) is 12.1 Å². The maximum absolute atomic E-state index is 12.9. The summed E-state index contributed by atoms with van der Waals surface area (Å²) in [6, 6.07) is 4.50. The molecule has 2 fully saturated rings. The largest absolute Gasteiger partial charge is 0.327 e. The van der Waals surface area contributed by atoms with Gasteiger partial charge in [-0.15, -0.1) is 0 Å². The molecule has 0 atom stereocenters. The number of nitrogens with one attached hydrogen (secondary N) is 3. The summed E-state index contributed by atoms with van der Waals surface area (Å²) >= 11 is 0. The lowest BCUT2D eigenvalue weighted by molar-refractivity contribution is -0.136. The molecule has 0 unspecified atom stereocenters. The van der Waals surface area contributed by atoms with Crippen LogP contribution >= 0.6 is 0 Å². The van der Waals surface area contributed by atoms with Gasteiger partial charge in [0.05, 0.1) is 11.0 Å². The van der Waals surface area contributed by atoms with Gasteiger partial charge in [0, 0.05) is 12.7 Å². The van der Waals surface area contributed by atoms with Crippen molar-refractivity contribution in [2.45, 2.75) is 37.6 Å². The molecule has 1 aromatic heterocycles. The van der Waals surface area contributed by atoms with Gasteiger partial charge in [-0.3, -0.25) is 14.5 Å². The number of nitrogens with zero attached hydrogens (tertiary/aromatic N) is 2. The molecular weight excluding hydrogens is 350 g/mol. The summed E-state index contributed by atoms with van der Waals surface area (Å²) in [7, 11) is 1.64. The van der Waals surface area contributed by atoms with Crippen LogP contribution in [0, 0.1) is 0 Å². The molecule has 9 heteroatoms. The molecule has 0 radical (unpaired) electrons. The monoisotopic (exact) mass is 371 g/mol. The Labute approximate surface area is 154 Å². The highest BCUT2D eigenvalue weighted by atomic mass is 16.2. The summed E-state index contributed by atoms with van der Waals surface area (Å²) in [5.74, 6) is -0.745. The van der Waals surface area contributed by atoms with Crippen molar-refractivity contribution in [2.75, 3.05) is 18.9 Å². The number of likely N-dealkylation sites (N-methyl/N-ethyl adjacent to an activating group) is 1. The van der Waals surface area contributed by atoms with Gasteiger partial charge in [0.25, 0.3) is 5.91 Å². The first-order chi connectivity index (χ1) is 12.9. The summed E-state index contributed by atoms with van der Waals surface area (Å²) in [6.07, 6.45) is 4.14. The van der Waals surface area contributed by atoms with Crippen LogP contribution in [-0.2, 0) is 9.59 Å². The van der Waals surface area contributed by atoms with Crippen molar-refractivity contribution in [2.24, 2.45) is 0 Å². The normalized spacial score (nSPS) is 19.3. The van der Waals surface area contributed by atoms with E-state index in [1.807, 2.05) is 0 Å². The summed E-state index contributed by atoms with van der Waals surface area (Å²) < 4.78 is 0. The third kappa shape index (κ3) is 2.79. The maximum atomic E-state index is 12.9. The fourth-order valence-corrected chi connectivity index (χ4v) is 4.13. The van der Waals surface area contributed by atoms with Crippen LogP contribution in [0.2, 0.25) is 0 Å². The van der Waals surface area contributed by atoms with E-state index in [4.69, 9.17) is 0 Å². The number of aromatic amines is 2. The molecule has 4 rings (SSSR count). The molecule has 4 amide bonds. The Morgan fingerprint density at radius 3 is 2.56 bits per heavy atom. The Morgan fingerprint density at radius 1 is 1.11 bits per heavy atom. The highest BCUT2D eigenvalue weighted by Gasteiger charge is 2.55. The molecule has 1 spiro atoms. The minimum absolute atomic E-state index is 0.282. The van der Waals surface area contributed by atoms with Crippen molar-refractivity contribution >= 4 is 34.6 Å². The topological polar surface area (TPSA) is 118 Å². The third-order valence-corrected chi connectivity index (χ3v) is 5.59. The number of benzene rings is 1. The number of carbonyl (C=O) groups excluding carboxylic acids is 3. The molecule has 9 nitrogen and oxygen atoms in total. The van der Waals surface area contributed by atoms with Crippen LogP contribution in [0.25, 0.3) is 11.0 Å². The predicted octanol–water partition coefficient (Wildman–Crippen LogP) is 1.39. The van der Waals surface area contributed by atoms with E-state index in [0.29, 0.717) is 29.6 Å². The van der Waals surface area contributed by atoms with Crippen molar-refractivity contribution in [1.82, 2.24) is 19.8 Å². The average molecular weight is 371 g/mol. The second kappa shape index (κ2) is 6.26. The number of hydrogen-bond donors (Lipinski definition) is 3. The van der Waals surface area contributed by atoms with Crippen molar-refractivity contribution in [1.29, 1.82) is 0 Å². The quantitative estimate of drug-likeness (QED) is 0.707. The number of aromatic nitrogens is 2. The van der Waals surface area contributed by atoms with Gasteiger partial charge < -0.3 is 20.2 Å². The Kier molecular flexibility index (Phi) is 4.01. The highest BCUT2D eigenvalue weighted by Crippen LogP contribution is 2.39. The van der Waals surface area contributed by atoms with Gasteiger partial charge in [0.2, 0.25) is 5.91 Å². The SMILES string of the molecule is CN1C(=O)N(CC(=O)Nc2ccc3[nH]c(=O)[nH]c3c2)C(=O)C12CCCCC2. The minimum atomic E-state index is -0.793. The number of hydrogen-bond acceptors (Lipinski definition) is 4. The van der Waals surface area contributed by atoms with Crippen LogP contribution < -0.4 is 11.0 Å². The van der Waals surface area contributed by atoms with Crippen molar-refractivity contribution in [3.8, 4) is 0 Å². The second-order valence-electron chi connectivity index (χ2n) is 7.21. The van der Waals surface area contributed by atoms with Crippen LogP contribution in [0.4, 0.5) is 10.5 Å². The molecule has 1 saturated carbocycles. The van der Waals surface area contributed by atoms with E-state index >= 15 is 0 Å². The van der Waals surface area contributed by atoms with Crippen LogP contribution in [0.15, 0.2) is 23.0 Å². The first-order valence-corrected chi connectivity index (χ1v) is 9.02. The van der Waals surface area contributed by atoms with Crippen LogP contribution in [0.1, 0.15) is 32.1 Å². The van der Waals surface area contributed by atoms with E-state index in [1.54, 1.807) is 25.2 Å². The summed E-state index contributed by atoms with van der Waals surface area (Å²) in [6.45, 7) is -0.328. The lowest BCUT2D eigenvalue weighted by atomic mass is 9.81. The van der Waals surface area contributed by atoms with Crippen molar-refractivity contribution in [3.63, 3.8) is 0 Å². The van der Waals surface area contributed by atoms with Gasteiger partial charge in [0.15, 0.2) is 0 Å².